The van der Waals surface area contributed by atoms with Gasteiger partial charge in [-0.15, -0.1) is 0 Å². The normalized spacial score (nSPS) is 39.9. The molecule has 2 N–H and O–H groups in total. The van der Waals surface area contributed by atoms with Gasteiger partial charge in [0.05, 0.1) is 0 Å². The first-order valence-electron chi connectivity index (χ1n) is 6.17. The summed E-state index contributed by atoms with van der Waals surface area (Å²) < 4.78 is 0. The van der Waals surface area contributed by atoms with Crippen molar-refractivity contribution < 1.29 is 4.79 Å². The van der Waals surface area contributed by atoms with Crippen LogP contribution in [-0.4, -0.2) is 25.0 Å². The third kappa shape index (κ3) is 2.33. The monoisotopic (exact) mass is 210 g/mol. The summed E-state index contributed by atoms with van der Waals surface area (Å²) in [6.45, 7) is 6.44. The van der Waals surface area contributed by atoms with Crippen molar-refractivity contribution in [1.82, 2.24) is 10.6 Å². The summed E-state index contributed by atoms with van der Waals surface area (Å²) in [6.07, 6.45) is 4.51. The summed E-state index contributed by atoms with van der Waals surface area (Å²) in [5.41, 5.74) is 0.298. The van der Waals surface area contributed by atoms with Crippen molar-refractivity contribution in [3.8, 4) is 0 Å². The maximum Gasteiger partial charge on any atom is 0.223 e. The first-order valence-corrected chi connectivity index (χ1v) is 6.17. The van der Waals surface area contributed by atoms with E-state index < -0.39 is 0 Å². The standard InChI is InChI=1S/C12H22N2O/c1-3-12(2)7-10(12)11(15)14-9-5-4-6-13-8-9/h9-10,13H,3-8H2,1-2H3,(H,14,15). The molecular formula is C12H22N2O. The van der Waals surface area contributed by atoms with Gasteiger partial charge in [0, 0.05) is 18.5 Å². The fourth-order valence-corrected chi connectivity index (χ4v) is 2.48. The van der Waals surface area contributed by atoms with E-state index in [1.807, 2.05) is 0 Å². The van der Waals surface area contributed by atoms with Crippen LogP contribution in [0.2, 0.25) is 0 Å². The zero-order valence-corrected chi connectivity index (χ0v) is 9.81. The molecule has 1 amide bonds. The van der Waals surface area contributed by atoms with E-state index in [1.165, 1.54) is 6.42 Å². The maximum absolute atomic E-state index is 11.9. The van der Waals surface area contributed by atoms with Gasteiger partial charge in [0.15, 0.2) is 0 Å². The van der Waals surface area contributed by atoms with Crippen LogP contribution in [0.1, 0.15) is 39.5 Å². The minimum atomic E-state index is 0.282. The molecule has 2 rings (SSSR count). The third-order valence-electron chi connectivity index (χ3n) is 4.12. The molecule has 0 radical (unpaired) electrons. The fraction of sp³-hybridized carbons (Fsp3) is 0.917. The highest BCUT2D eigenvalue weighted by Crippen LogP contribution is 2.54. The molecule has 2 aliphatic rings. The average molecular weight is 210 g/mol. The number of rotatable bonds is 3. The SMILES string of the molecule is CCC1(C)CC1C(=O)NC1CCCNC1. The Labute approximate surface area is 92.0 Å². The molecule has 3 nitrogen and oxygen atoms in total. The highest BCUT2D eigenvalue weighted by Gasteiger charge is 2.53. The van der Waals surface area contributed by atoms with E-state index in [2.05, 4.69) is 24.5 Å². The number of carbonyl (C=O) groups excluding carboxylic acids is 1. The number of carbonyl (C=O) groups is 1. The van der Waals surface area contributed by atoms with Crippen molar-refractivity contribution >= 4 is 5.91 Å². The average Bonchev–Trinajstić information content (AvgIpc) is 2.93. The fourth-order valence-electron chi connectivity index (χ4n) is 2.48. The number of nitrogens with one attached hydrogen (secondary N) is 2. The van der Waals surface area contributed by atoms with Crippen molar-refractivity contribution in [3.05, 3.63) is 0 Å². The smallest absolute Gasteiger partial charge is 0.223 e. The van der Waals surface area contributed by atoms with Gasteiger partial charge < -0.3 is 10.6 Å². The lowest BCUT2D eigenvalue weighted by molar-refractivity contribution is -0.123. The molecule has 1 aliphatic carbocycles. The van der Waals surface area contributed by atoms with Crippen molar-refractivity contribution in [2.45, 2.75) is 45.6 Å². The van der Waals surface area contributed by atoms with Crippen LogP contribution in [0.15, 0.2) is 0 Å². The van der Waals surface area contributed by atoms with Crippen molar-refractivity contribution in [3.63, 3.8) is 0 Å². The van der Waals surface area contributed by atoms with Crippen molar-refractivity contribution in [2.24, 2.45) is 11.3 Å². The first-order chi connectivity index (χ1) is 7.15. The lowest BCUT2D eigenvalue weighted by atomic mass is 10.0. The quantitative estimate of drug-likeness (QED) is 0.737. The van der Waals surface area contributed by atoms with Crippen LogP contribution in [0.25, 0.3) is 0 Å². The molecule has 0 bridgehead atoms. The summed E-state index contributed by atoms with van der Waals surface area (Å²) in [4.78, 5) is 11.9. The summed E-state index contributed by atoms with van der Waals surface area (Å²) in [6, 6.07) is 0.368. The van der Waals surface area contributed by atoms with Crippen LogP contribution in [-0.2, 0) is 4.79 Å². The van der Waals surface area contributed by atoms with Crippen LogP contribution in [0.4, 0.5) is 0 Å². The van der Waals surface area contributed by atoms with Gasteiger partial charge in [-0.25, -0.2) is 0 Å². The van der Waals surface area contributed by atoms with Crippen LogP contribution in [0.3, 0.4) is 0 Å². The lowest BCUT2D eigenvalue weighted by Gasteiger charge is -2.24. The molecule has 3 unspecified atom stereocenters. The van der Waals surface area contributed by atoms with E-state index >= 15 is 0 Å². The van der Waals surface area contributed by atoms with E-state index in [0.29, 0.717) is 11.5 Å². The number of piperidine rings is 1. The molecule has 0 aromatic rings. The molecule has 3 heteroatoms. The first kappa shape index (κ1) is 10.9. The predicted molar refractivity (Wildman–Crippen MR) is 60.5 cm³/mol. The number of hydrogen-bond acceptors (Lipinski definition) is 2. The van der Waals surface area contributed by atoms with Crippen LogP contribution in [0, 0.1) is 11.3 Å². The van der Waals surface area contributed by atoms with E-state index in [-0.39, 0.29) is 11.8 Å². The summed E-state index contributed by atoms with van der Waals surface area (Å²) in [5.74, 6) is 0.567. The van der Waals surface area contributed by atoms with Gasteiger partial charge in [-0.3, -0.25) is 4.79 Å². The van der Waals surface area contributed by atoms with Crippen molar-refractivity contribution in [1.29, 1.82) is 0 Å². The van der Waals surface area contributed by atoms with E-state index in [4.69, 9.17) is 0 Å². The maximum atomic E-state index is 11.9. The van der Waals surface area contributed by atoms with Gasteiger partial charge in [0.2, 0.25) is 5.91 Å². The molecule has 1 heterocycles. The Hall–Kier alpha value is -0.570. The van der Waals surface area contributed by atoms with E-state index in [0.717, 1.165) is 32.4 Å². The molecule has 2 fully saturated rings. The second-order valence-corrected chi connectivity index (χ2v) is 5.32. The third-order valence-corrected chi connectivity index (χ3v) is 4.12. The Bertz CT molecular complexity index is 248. The van der Waals surface area contributed by atoms with Crippen LogP contribution < -0.4 is 10.6 Å². The molecule has 3 atom stereocenters. The molecule has 1 aliphatic heterocycles. The largest absolute Gasteiger partial charge is 0.352 e. The molecule has 0 spiro atoms. The van der Waals surface area contributed by atoms with Gasteiger partial charge in [0.1, 0.15) is 0 Å². The Kier molecular flexibility index (Phi) is 3.01. The minimum Gasteiger partial charge on any atom is -0.352 e. The van der Waals surface area contributed by atoms with Gasteiger partial charge in [-0.2, -0.15) is 0 Å². The second-order valence-electron chi connectivity index (χ2n) is 5.32. The zero-order chi connectivity index (χ0) is 10.9. The highest BCUT2D eigenvalue weighted by molar-refractivity contribution is 5.82. The molecule has 1 saturated carbocycles. The van der Waals surface area contributed by atoms with E-state index in [9.17, 15) is 4.79 Å². The molecule has 0 aromatic heterocycles. The van der Waals surface area contributed by atoms with Crippen molar-refractivity contribution in [2.75, 3.05) is 13.1 Å². The van der Waals surface area contributed by atoms with Crippen LogP contribution in [0.5, 0.6) is 0 Å². The molecule has 15 heavy (non-hydrogen) atoms. The number of amides is 1. The predicted octanol–water partition coefficient (Wildman–Crippen LogP) is 1.29. The Balaban J connectivity index is 1.78. The summed E-state index contributed by atoms with van der Waals surface area (Å²) >= 11 is 0. The number of hydrogen-bond donors (Lipinski definition) is 2. The minimum absolute atomic E-state index is 0.282. The Morgan fingerprint density at radius 3 is 2.93 bits per heavy atom. The van der Waals surface area contributed by atoms with Gasteiger partial charge >= 0.3 is 0 Å². The van der Waals surface area contributed by atoms with E-state index in [1.54, 1.807) is 0 Å². The summed E-state index contributed by atoms with van der Waals surface area (Å²) in [7, 11) is 0. The van der Waals surface area contributed by atoms with Crippen LogP contribution >= 0.6 is 0 Å². The molecular weight excluding hydrogens is 188 g/mol. The van der Waals surface area contributed by atoms with Gasteiger partial charge in [0.25, 0.3) is 0 Å². The molecule has 1 saturated heterocycles. The van der Waals surface area contributed by atoms with Gasteiger partial charge in [-0.1, -0.05) is 13.8 Å². The summed E-state index contributed by atoms with van der Waals surface area (Å²) in [5, 5.41) is 6.49. The highest BCUT2D eigenvalue weighted by atomic mass is 16.2. The zero-order valence-electron chi connectivity index (χ0n) is 9.81. The Morgan fingerprint density at radius 1 is 1.60 bits per heavy atom. The Morgan fingerprint density at radius 2 is 2.40 bits per heavy atom. The second kappa shape index (κ2) is 4.12. The molecule has 86 valence electrons. The lowest BCUT2D eigenvalue weighted by Crippen LogP contribution is -2.46. The van der Waals surface area contributed by atoms with Gasteiger partial charge in [-0.05, 0) is 37.6 Å². The molecule has 0 aromatic carbocycles. The topological polar surface area (TPSA) is 41.1 Å².